The molecule has 1 saturated heterocycles. The Hall–Kier alpha value is -3.45. The molecule has 4 aliphatic rings. The number of rotatable bonds is 6. The number of carbonyl (C=O) groups excluding carboxylic acids is 3. The standard InChI is InChI=1S/C30H40N4O8/c1-32(2)23-16(12-34-7-5-14(13-35)6-8-34)11-19(36)21-17(23)9-15-10-18-24(33(3)4)26(38)22(29(31)41)28(40)30(18,42)27(39)20(15)25(21)37/h11,14-15,18,24,35-36,38-39,42H,5-10,12-13H2,1-4H3,(H2,31,41)/t15-,18-,24-,30-/m0/s1. The summed E-state index contributed by atoms with van der Waals surface area (Å²) in [4.78, 5) is 45.3. The monoisotopic (exact) mass is 584 g/mol. The summed E-state index contributed by atoms with van der Waals surface area (Å²) in [6, 6.07) is 0.521. The third-order valence-corrected chi connectivity index (χ3v) is 9.58. The number of Topliss-reactive ketones (excluding diaryl/α,β-unsaturated/α-hetero) is 2. The van der Waals surface area contributed by atoms with Crippen molar-refractivity contribution in [3.8, 4) is 5.75 Å². The van der Waals surface area contributed by atoms with E-state index in [4.69, 9.17) is 5.73 Å². The van der Waals surface area contributed by atoms with E-state index >= 15 is 0 Å². The van der Waals surface area contributed by atoms with E-state index in [1.807, 2.05) is 19.0 Å². The number of likely N-dealkylation sites (N-methyl/N-ethyl adjacent to an activating group) is 1. The number of phenolic OH excluding ortho intramolecular Hbond substituents is 1. The van der Waals surface area contributed by atoms with E-state index in [0.29, 0.717) is 12.1 Å². The third-order valence-electron chi connectivity index (χ3n) is 9.58. The van der Waals surface area contributed by atoms with Gasteiger partial charge in [-0.25, -0.2) is 0 Å². The van der Waals surface area contributed by atoms with Crippen molar-refractivity contribution < 1.29 is 39.9 Å². The number of aliphatic hydroxyl groups is 4. The molecule has 228 valence electrons. The van der Waals surface area contributed by atoms with Gasteiger partial charge in [-0.15, -0.1) is 0 Å². The first kappa shape index (κ1) is 30.0. The summed E-state index contributed by atoms with van der Waals surface area (Å²) >= 11 is 0. The third kappa shape index (κ3) is 4.39. The molecule has 0 unspecified atom stereocenters. The van der Waals surface area contributed by atoms with Gasteiger partial charge in [-0.1, -0.05) is 0 Å². The molecule has 0 radical (unpaired) electrons. The first-order valence-electron chi connectivity index (χ1n) is 14.3. The molecule has 3 aliphatic carbocycles. The Morgan fingerprint density at radius 3 is 2.31 bits per heavy atom. The van der Waals surface area contributed by atoms with Crippen molar-refractivity contribution in [2.24, 2.45) is 23.5 Å². The fourth-order valence-electron chi connectivity index (χ4n) is 7.62. The highest BCUT2D eigenvalue weighted by molar-refractivity contribution is 6.24. The van der Waals surface area contributed by atoms with Crippen molar-refractivity contribution >= 4 is 23.2 Å². The molecule has 1 fully saturated rings. The van der Waals surface area contributed by atoms with Crippen LogP contribution in [0.2, 0.25) is 0 Å². The van der Waals surface area contributed by atoms with Crippen LogP contribution in [-0.2, 0) is 22.6 Å². The predicted octanol–water partition coefficient (Wildman–Crippen LogP) is 0.391. The zero-order chi connectivity index (χ0) is 30.8. The van der Waals surface area contributed by atoms with Crippen molar-refractivity contribution in [3.05, 3.63) is 45.4 Å². The number of benzene rings is 1. The quantitative estimate of drug-likeness (QED) is 0.254. The van der Waals surface area contributed by atoms with Gasteiger partial charge in [-0.3, -0.25) is 24.2 Å². The maximum Gasteiger partial charge on any atom is 0.255 e. The average molecular weight is 585 g/mol. The largest absolute Gasteiger partial charge is 0.510 e. The minimum absolute atomic E-state index is 0.00206. The number of hydrogen-bond donors (Lipinski definition) is 6. The molecule has 1 amide bonds. The van der Waals surface area contributed by atoms with E-state index in [0.717, 1.165) is 37.2 Å². The zero-order valence-electron chi connectivity index (χ0n) is 24.4. The van der Waals surface area contributed by atoms with Crippen LogP contribution < -0.4 is 10.6 Å². The summed E-state index contributed by atoms with van der Waals surface area (Å²) in [6.45, 7) is 2.29. The molecule has 0 spiro atoms. The van der Waals surface area contributed by atoms with Crippen LogP contribution in [0, 0.1) is 17.8 Å². The number of primary amides is 1. The van der Waals surface area contributed by atoms with Crippen LogP contribution in [0.25, 0.3) is 0 Å². The summed E-state index contributed by atoms with van der Waals surface area (Å²) in [5.41, 5.74) is 3.96. The first-order valence-corrected chi connectivity index (χ1v) is 14.3. The van der Waals surface area contributed by atoms with Gasteiger partial charge in [0.1, 0.15) is 22.8 Å². The minimum Gasteiger partial charge on any atom is -0.510 e. The summed E-state index contributed by atoms with van der Waals surface area (Å²) in [5.74, 6) is -6.36. The second-order valence-electron chi connectivity index (χ2n) is 12.5. The Morgan fingerprint density at radius 2 is 1.76 bits per heavy atom. The lowest BCUT2D eigenvalue weighted by Gasteiger charge is -2.50. The van der Waals surface area contributed by atoms with E-state index < -0.39 is 58.0 Å². The lowest BCUT2D eigenvalue weighted by Crippen LogP contribution is -2.63. The van der Waals surface area contributed by atoms with Gasteiger partial charge in [0.15, 0.2) is 11.4 Å². The number of phenols is 1. The molecular formula is C30H40N4O8. The van der Waals surface area contributed by atoms with Crippen LogP contribution in [0.1, 0.15) is 40.7 Å². The maximum absolute atomic E-state index is 14.0. The molecule has 1 heterocycles. The molecule has 1 aliphatic heterocycles. The van der Waals surface area contributed by atoms with Gasteiger partial charge in [0.25, 0.3) is 5.91 Å². The second-order valence-corrected chi connectivity index (χ2v) is 12.5. The van der Waals surface area contributed by atoms with Gasteiger partial charge in [-0.2, -0.15) is 0 Å². The molecule has 42 heavy (non-hydrogen) atoms. The number of carbonyl (C=O) groups is 3. The minimum atomic E-state index is -2.66. The molecule has 0 saturated carbocycles. The molecule has 12 heteroatoms. The smallest absolute Gasteiger partial charge is 0.255 e. The normalized spacial score (nSPS) is 28.6. The highest BCUT2D eigenvalue weighted by atomic mass is 16.3. The number of anilines is 1. The number of amides is 1. The lowest BCUT2D eigenvalue weighted by molar-refractivity contribution is -0.148. The van der Waals surface area contributed by atoms with Crippen LogP contribution >= 0.6 is 0 Å². The zero-order valence-corrected chi connectivity index (χ0v) is 24.4. The van der Waals surface area contributed by atoms with E-state index in [1.165, 1.54) is 4.90 Å². The van der Waals surface area contributed by atoms with Gasteiger partial charge in [0, 0.05) is 44.4 Å². The van der Waals surface area contributed by atoms with E-state index in [9.17, 15) is 39.9 Å². The predicted molar refractivity (Wildman–Crippen MR) is 153 cm³/mol. The van der Waals surface area contributed by atoms with Crippen LogP contribution in [0.4, 0.5) is 5.69 Å². The Labute approximate surface area is 244 Å². The molecule has 1 aromatic carbocycles. The van der Waals surface area contributed by atoms with Crippen LogP contribution in [0.3, 0.4) is 0 Å². The number of fused-ring (bicyclic) bond motifs is 3. The van der Waals surface area contributed by atoms with Crippen molar-refractivity contribution in [1.82, 2.24) is 9.80 Å². The fourth-order valence-corrected chi connectivity index (χ4v) is 7.62. The Balaban J connectivity index is 1.62. The molecule has 4 atom stereocenters. The molecule has 5 rings (SSSR count). The number of aromatic hydroxyl groups is 1. The Morgan fingerprint density at radius 1 is 1.12 bits per heavy atom. The summed E-state index contributed by atoms with van der Waals surface area (Å²) in [5, 5.41) is 54.9. The van der Waals surface area contributed by atoms with Crippen LogP contribution in [0.15, 0.2) is 28.7 Å². The topological polar surface area (TPSA) is 188 Å². The van der Waals surface area contributed by atoms with Gasteiger partial charge in [0.05, 0.1) is 11.6 Å². The number of hydrogen-bond acceptors (Lipinski definition) is 11. The first-order chi connectivity index (χ1) is 19.7. The van der Waals surface area contributed by atoms with Crippen LogP contribution in [0.5, 0.6) is 5.75 Å². The van der Waals surface area contributed by atoms with Crippen molar-refractivity contribution in [2.45, 2.75) is 43.9 Å². The fraction of sp³-hybridized carbons (Fsp3) is 0.567. The van der Waals surface area contributed by atoms with Gasteiger partial charge >= 0.3 is 0 Å². The number of ketones is 2. The van der Waals surface area contributed by atoms with Gasteiger partial charge in [-0.05, 0) is 81.9 Å². The second kappa shape index (κ2) is 10.7. The molecule has 7 N–H and O–H groups in total. The summed E-state index contributed by atoms with van der Waals surface area (Å²) < 4.78 is 0. The van der Waals surface area contributed by atoms with Gasteiger partial charge in [0.2, 0.25) is 5.78 Å². The molecule has 1 aromatic rings. The van der Waals surface area contributed by atoms with E-state index in [-0.39, 0.29) is 42.3 Å². The van der Waals surface area contributed by atoms with Crippen molar-refractivity contribution in [2.75, 3.05) is 52.8 Å². The molecule has 0 bridgehead atoms. The van der Waals surface area contributed by atoms with E-state index in [1.54, 1.807) is 20.2 Å². The number of likely N-dealkylation sites (tertiary alicyclic amines) is 1. The van der Waals surface area contributed by atoms with Crippen molar-refractivity contribution in [3.63, 3.8) is 0 Å². The maximum atomic E-state index is 14.0. The molecule has 12 nitrogen and oxygen atoms in total. The number of piperidine rings is 1. The average Bonchev–Trinajstić information content (AvgIpc) is 2.90. The number of aliphatic hydroxyl groups excluding tert-OH is 3. The number of nitrogens with zero attached hydrogens (tertiary/aromatic N) is 3. The highest BCUT2D eigenvalue weighted by Gasteiger charge is 2.63. The number of allylic oxidation sites excluding steroid dienone is 1. The highest BCUT2D eigenvalue weighted by Crippen LogP contribution is 2.53. The molecular weight excluding hydrogens is 544 g/mol. The molecule has 0 aromatic heterocycles. The lowest BCUT2D eigenvalue weighted by atomic mass is 9.58. The van der Waals surface area contributed by atoms with Crippen molar-refractivity contribution in [1.29, 1.82) is 0 Å². The summed E-state index contributed by atoms with van der Waals surface area (Å²) in [6.07, 6.45) is 2.01. The Bertz CT molecular complexity index is 1410. The van der Waals surface area contributed by atoms with Gasteiger partial charge < -0.3 is 36.2 Å². The SMILES string of the molecule is CN(C)c1c(CN2CCC(CO)CC2)cc(O)c2c1C[C@H]1C[C@H]3[C@H](N(C)C)C(O)=C(C(N)=O)C(=O)[C@@]3(O)C(O)=C1C2=O. The van der Waals surface area contributed by atoms with E-state index in [2.05, 4.69) is 4.90 Å². The van der Waals surface area contributed by atoms with Crippen LogP contribution in [-0.4, -0.2) is 112 Å². The Kier molecular flexibility index (Phi) is 7.63. The summed E-state index contributed by atoms with van der Waals surface area (Å²) in [7, 11) is 6.92. The number of nitrogens with two attached hydrogens (primary N) is 1.